The smallest absolute Gasteiger partial charge is 0.212 e. The van der Waals surface area contributed by atoms with E-state index in [-0.39, 0.29) is 26.2 Å². The molecule has 0 aromatic heterocycles. The molecule has 0 saturated carbocycles. The molecule has 0 N–H and O–H groups in total. The molecule has 121 valence electrons. The largest absolute Gasteiger partial charge is 2.00 e. The van der Waals surface area contributed by atoms with Crippen LogP contribution >= 0.6 is 0 Å². The SMILES string of the molecule is C[SiH]C.C[Si](C)(C)c1cc[cH-]c1.C[Si](C)(C)c1cc[cH-]c1.[Zr+2]. The molecule has 1 radical (unpaired) electrons. The van der Waals surface area contributed by atoms with E-state index in [9.17, 15) is 0 Å². The van der Waals surface area contributed by atoms with E-state index in [2.05, 4.69) is 101 Å². The minimum absolute atomic E-state index is 0. The Bertz CT molecular complexity index is 401. The first kappa shape index (κ1) is 24.5. The fraction of sp³-hybridized carbons (Fsp3) is 0.444. The molecule has 0 saturated heterocycles. The summed E-state index contributed by atoms with van der Waals surface area (Å²) in [6, 6.07) is 17.4. The van der Waals surface area contributed by atoms with Crippen molar-refractivity contribution in [2.24, 2.45) is 0 Å². The quantitative estimate of drug-likeness (QED) is 0.494. The van der Waals surface area contributed by atoms with Crippen molar-refractivity contribution in [2.75, 3.05) is 0 Å². The molecule has 0 heterocycles. The maximum Gasteiger partial charge on any atom is 2.00 e. The zero-order valence-electron chi connectivity index (χ0n) is 15.7. The Morgan fingerprint density at radius 1 is 0.727 bits per heavy atom. The average Bonchev–Trinajstić information content (AvgIpc) is 3.03. The van der Waals surface area contributed by atoms with Crippen molar-refractivity contribution < 1.29 is 26.2 Å². The minimum Gasteiger partial charge on any atom is -0.212 e. The van der Waals surface area contributed by atoms with Crippen molar-refractivity contribution in [2.45, 2.75) is 52.4 Å². The summed E-state index contributed by atoms with van der Waals surface area (Å²) < 4.78 is 0. The second-order valence-corrected chi connectivity index (χ2v) is 18.7. The first-order valence-electron chi connectivity index (χ1n) is 7.81. The minimum atomic E-state index is -0.981. The van der Waals surface area contributed by atoms with Gasteiger partial charge < -0.3 is 0 Å². The van der Waals surface area contributed by atoms with Crippen molar-refractivity contribution in [1.29, 1.82) is 0 Å². The van der Waals surface area contributed by atoms with Crippen LogP contribution < -0.4 is 10.4 Å². The predicted molar refractivity (Wildman–Crippen MR) is 109 cm³/mol. The summed E-state index contributed by atoms with van der Waals surface area (Å²) in [7, 11) is -1.21. The van der Waals surface area contributed by atoms with Gasteiger partial charge in [-0.05, 0) is 0 Å². The van der Waals surface area contributed by atoms with E-state index in [1.807, 2.05) is 0 Å². The van der Waals surface area contributed by atoms with Gasteiger partial charge in [-0.2, -0.15) is 36.4 Å². The van der Waals surface area contributed by atoms with Gasteiger partial charge >= 0.3 is 26.2 Å². The summed E-state index contributed by atoms with van der Waals surface area (Å²) in [5.41, 5.74) is 0. The van der Waals surface area contributed by atoms with E-state index >= 15 is 0 Å². The van der Waals surface area contributed by atoms with Crippen molar-refractivity contribution in [1.82, 2.24) is 0 Å². The summed E-state index contributed by atoms with van der Waals surface area (Å²) in [5.74, 6) is 0. The van der Waals surface area contributed by atoms with Crippen LogP contribution in [-0.4, -0.2) is 25.7 Å². The maximum absolute atomic E-state index is 2.36. The second-order valence-electron chi connectivity index (χ2n) is 7.42. The fourth-order valence-electron chi connectivity index (χ4n) is 1.75. The molecule has 2 rings (SSSR count). The van der Waals surface area contributed by atoms with Gasteiger partial charge in [-0.25, -0.2) is 22.5 Å². The van der Waals surface area contributed by atoms with Crippen LogP contribution in [0.25, 0.3) is 0 Å². The molecule has 0 amide bonds. The molecular weight excluding hydrogens is 392 g/mol. The topological polar surface area (TPSA) is 0 Å². The van der Waals surface area contributed by atoms with Gasteiger partial charge in [0.25, 0.3) is 0 Å². The second kappa shape index (κ2) is 11.7. The zero-order valence-corrected chi connectivity index (χ0v) is 21.3. The monoisotopic (exact) mass is 423 g/mol. The molecule has 4 heteroatoms. The number of hydrogen-bond donors (Lipinski definition) is 0. The van der Waals surface area contributed by atoms with E-state index in [1.54, 1.807) is 10.4 Å². The Morgan fingerprint density at radius 3 is 1.09 bits per heavy atom. The first-order valence-corrected chi connectivity index (χ1v) is 17.1. The summed E-state index contributed by atoms with van der Waals surface area (Å²) in [6.45, 7) is 18.6. The third kappa shape index (κ3) is 10.9. The molecule has 0 aliphatic heterocycles. The van der Waals surface area contributed by atoms with Crippen LogP contribution in [0.2, 0.25) is 52.4 Å². The van der Waals surface area contributed by atoms with E-state index in [1.165, 1.54) is 0 Å². The predicted octanol–water partition coefficient (Wildman–Crippen LogP) is 4.42. The third-order valence-corrected chi connectivity index (χ3v) is 7.19. The summed E-state index contributed by atoms with van der Waals surface area (Å²) in [5, 5.41) is 3.12. The van der Waals surface area contributed by atoms with Crippen LogP contribution in [0.3, 0.4) is 0 Å². The van der Waals surface area contributed by atoms with E-state index in [0.717, 1.165) is 9.52 Å². The average molecular weight is 425 g/mol. The molecule has 22 heavy (non-hydrogen) atoms. The van der Waals surface area contributed by atoms with Gasteiger partial charge in [0, 0.05) is 25.7 Å². The molecule has 0 atom stereocenters. The van der Waals surface area contributed by atoms with Gasteiger partial charge in [0.05, 0.1) is 0 Å². The molecule has 0 unspecified atom stereocenters. The van der Waals surface area contributed by atoms with Crippen molar-refractivity contribution >= 4 is 36.0 Å². The van der Waals surface area contributed by atoms with Crippen molar-refractivity contribution in [3.05, 3.63) is 48.5 Å². The van der Waals surface area contributed by atoms with E-state index < -0.39 is 16.1 Å². The van der Waals surface area contributed by atoms with Crippen LogP contribution in [-0.2, 0) is 26.2 Å². The molecule has 2 aromatic carbocycles. The van der Waals surface area contributed by atoms with Crippen LogP contribution in [0.1, 0.15) is 0 Å². The van der Waals surface area contributed by atoms with Crippen molar-refractivity contribution in [3.8, 4) is 0 Å². The maximum atomic E-state index is 2.36. The van der Waals surface area contributed by atoms with Crippen molar-refractivity contribution in [3.63, 3.8) is 0 Å². The normalized spacial score (nSPS) is 10.5. The molecule has 0 bridgehead atoms. The molecule has 0 fully saturated rings. The number of hydrogen-bond acceptors (Lipinski definition) is 0. The van der Waals surface area contributed by atoms with Gasteiger partial charge in [-0.3, -0.25) is 0 Å². The van der Waals surface area contributed by atoms with E-state index in [4.69, 9.17) is 0 Å². The fourth-order valence-corrected chi connectivity index (χ4v) is 4.13. The third-order valence-electron chi connectivity index (χ3n) is 3.06. The summed E-state index contributed by atoms with van der Waals surface area (Å²) >= 11 is 0. The van der Waals surface area contributed by atoms with Gasteiger partial charge in [0.15, 0.2) is 0 Å². The molecule has 0 aliphatic carbocycles. The standard InChI is InChI=1S/2C8H13Si.C2H7Si.Zr/c2*1-9(2,3)8-6-4-5-7-8;1-3-2;/h2*4-7H,1-3H3;3H,1-2H3;/q2*-1;;+2. The molecule has 0 nitrogen and oxygen atoms in total. The Hall–Kier alpha value is 0.234. The van der Waals surface area contributed by atoms with Crippen LogP contribution in [0.15, 0.2) is 48.5 Å². The summed E-state index contributed by atoms with van der Waals surface area (Å²) in [6.07, 6.45) is 0. The van der Waals surface area contributed by atoms with Gasteiger partial charge in [0.1, 0.15) is 0 Å². The van der Waals surface area contributed by atoms with Gasteiger partial charge in [-0.1, -0.05) is 52.4 Å². The number of rotatable bonds is 2. The molecule has 0 aliphatic rings. The summed E-state index contributed by atoms with van der Waals surface area (Å²) in [4.78, 5) is 0. The van der Waals surface area contributed by atoms with Gasteiger partial charge in [0.2, 0.25) is 0 Å². The zero-order chi connectivity index (χ0) is 16.5. The Kier molecular flexibility index (Phi) is 13.0. The van der Waals surface area contributed by atoms with Crippen LogP contribution in [0, 0.1) is 0 Å². The Labute approximate surface area is 162 Å². The Morgan fingerprint density at radius 2 is 1.00 bits per heavy atom. The van der Waals surface area contributed by atoms with E-state index in [0.29, 0.717) is 0 Å². The van der Waals surface area contributed by atoms with Crippen LogP contribution in [0.5, 0.6) is 0 Å². The molecular formula is C18H33Si3Zr. The van der Waals surface area contributed by atoms with Crippen LogP contribution in [0.4, 0.5) is 0 Å². The van der Waals surface area contributed by atoms with Gasteiger partial charge in [-0.15, -0.1) is 0 Å². The molecule has 0 spiro atoms. The Balaban J connectivity index is 0. The first-order chi connectivity index (χ1) is 9.62. The molecule has 2 aromatic rings.